The van der Waals surface area contributed by atoms with Crippen LogP contribution in [0.15, 0.2) is 36.4 Å². The summed E-state index contributed by atoms with van der Waals surface area (Å²) in [6.45, 7) is 4.09. The maximum atomic E-state index is 6.27. The van der Waals surface area contributed by atoms with E-state index in [1.54, 1.807) is 6.07 Å². The standard InChI is InChI=1S/C16H15Cl4N/c1-9(11-5-3-4-6-13(11)17)21-10(2)12-7-8-14(18)16(20)15(12)19/h3-10,21H,1-2H3/t9-,10?/m0/s1. The van der Waals surface area contributed by atoms with E-state index < -0.39 is 0 Å². The van der Waals surface area contributed by atoms with Gasteiger partial charge in [0.15, 0.2) is 0 Å². The molecule has 0 aromatic heterocycles. The van der Waals surface area contributed by atoms with Gasteiger partial charge in [-0.25, -0.2) is 0 Å². The molecule has 1 unspecified atom stereocenters. The quantitative estimate of drug-likeness (QED) is 0.595. The van der Waals surface area contributed by atoms with Gasteiger partial charge in [-0.15, -0.1) is 0 Å². The summed E-state index contributed by atoms with van der Waals surface area (Å²) in [7, 11) is 0. The van der Waals surface area contributed by atoms with Crippen molar-refractivity contribution in [2.75, 3.05) is 0 Å². The normalized spacial score (nSPS) is 14.0. The SMILES string of the molecule is CC(N[C@@H](C)c1ccccc1Cl)c1ccc(Cl)c(Cl)c1Cl. The molecule has 1 N–H and O–H groups in total. The zero-order valence-corrected chi connectivity index (χ0v) is 14.7. The minimum atomic E-state index is 0.0125. The molecule has 0 radical (unpaired) electrons. The molecule has 0 spiro atoms. The molecule has 0 saturated heterocycles. The molecule has 0 saturated carbocycles. The van der Waals surface area contributed by atoms with Crippen molar-refractivity contribution in [3.8, 4) is 0 Å². The van der Waals surface area contributed by atoms with E-state index in [1.165, 1.54) is 0 Å². The fourth-order valence-electron chi connectivity index (χ4n) is 2.26. The van der Waals surface area contributed by atoms with Crippen LogP contribution in [0, 0.1) is 0 Å². The molecule has 5 heteroatoms. The highest BCUT2D eigenvalue weighted by Gasteiger charge is 2.17. The summed E-state index contributed by atoms with van der Waals surface area (Å²) in [6.07, 6.45) is 0. The molecule has 0 aliphatic rings. The molecule has 21 heavy (non-hydrogen) atoms. The van der Waals surface area contributed by atoms with Crippen LogP contribution < -0.4 is 5.32 Å². The van der Waals surface area contributed by atoms with Gasteiger partial charge in [-0.05, 0) is 37.1 Å². The van der Waals surface area contributed by atoms with Gasteiger partial charge in [-0.1, -0.05) is 70.7 Å². The molecule has 0 amide bonds. The van der Waals surface area contributed by atoms with Crippen LogP contribution in [0.4, 0.5) is 0 Å². The Hall–Kier alpha value is -0.440. The summed E-state index contributed by atoms with van der Waals surface area (Å²) in [4.78, 5) is 0. The average Bonchev–Trinajstić information content (AvgIpc) is 2.45. The van der Waals surface area contributed by atoms with Crippen LogP contribution in [-0.2, 0) is 0 Å². The van der Waals surface area contributed by atoms with Crippen molar-refractivity contribution in [3.05, 3.63) is 67.6 Å². The lowest BCUT2D eigenvalue weighted by molar-refractivity contribution is 0.495. The zero-order valence-electron chi connectivity index (χ0n) is 11.6. The van der Waals surface area contributed by atoms with Crippen molar-refractivity contribution in [2.45, 2.75) is 25.9 Å². The van der Waals surface area contributed by atoms with Gasteiger partial charge in [-0.3, -0.25) is 0 Å². The summed E-state index contributed by atoms with van der Waals surface area (Å²) < 4.78 is 0. The molecule has 1 nitrogen and oxygen atoms in total. The molecule has 2 rings (SSSR count). The molecular weight excluding hydrogens is 348 g/mol. The largest absolute Gasteiger partial charge is 0.304 e. The highest BCUT2D eigenvalue weighted by atomic mass is 35.5. The lowest BCUT2D eigenvalue weighted by atomic mass is 10.0. The third-order valence-corrected chi connectivity index (χ3v) is 5.06. The fourth-order valence-corrected chi connectivity index (χ4v) is 3.26. The smallest absolute Gasteiger partial charge is 0.0781 e. The Morgan fingerprint density at radius 1 is 0.714 bits per heavy atom. The first kappa shape index (κ1) is 16.9. The highest BCUT2D eigenvalue weighted by molar-refractivity contribution is 6.48. The van der Waals surface area contributed by atoms with Crippen LogP contribution >= 0.6 is 46.4 Å². The molecule has 0 heterocycles. The Balaban J connectivity index is 2.20. The molecule has 2 aromatic carbocycles. The Labute approximate surface area is 145 Å². The van der Waals surface area contributed by atoms with E-state index in [1.807, 2.05) is 37.3 Å². The molecule has 0 bridgehead atoms. The molecule has 2 aromatic rings. The van der Waals surface area contributed by atoms with Crippen molar-refractivity contribution < 1.29 is 0 Å². The average molecular weight is 363 g/mol. The number of benzene rings is 2. The van der Waals surface area contributed by atoms with Gasteiger partial charge in [0.05, 0.1) is 15.1 Å². The third kappa shape index (κ3) is 3.85. The summed E-state index contributed by atoms with van der Waals surface area (Å²) >= 11 is 24.5. The number of halogens is 4. The maximum absolute atomic E-state index is 6.27. The zero-order chi connectivity index (χ0) is 15.6. The molecular formula is C16H15Cl4N. The van der Waals surface area contributed by atoms with E-state index >= 15 is 0 Å². The van der Waals surface area contributed by atoms with Crippen molar-refractivity contribution >= 4 is 46.4 Å². The third-order valence-electron chi connectivity index (χ3n) is 3.40. The molecule has 0 fully saturated rings. The molecule has 0 aliphatic heterocycles. The second-order valence-electron chi connectivity index (χ2n) is 4.90. The van der Waals surface area contributed by atoms with E-state index in [0.29, 0.717) is 15.1 Å². The maximum Gasteiger partial charge on any atom is 0.0781 e. The van der Waals surface area contributed by atoms with Crippen molar-refractivity contribution in [1.29, 1.82) is 0 Å². The number of rotatable bonds is 4. The van der Waals surface area contributed by atoms with Gasteiger partial charge in [0, 0.05) is 17.1 Å². The summed E-state index contributed by atoms with van der Waals surface area (Å²) in [5, 5.41) is 5.53. The summed E-state index contributed by atoms with van der Waals surface area (Å²) in [6, 6.07) is 11.5. The lowest BCUT2D eigenvalue weighted by Crippen LogP contribution is -2.23. The first-order valence-corrected chi connectivity index (χ1v) is 8.07. The number of hydrogen-bond acceptors (Lipinski definition) is 1. The Morgan fingerprint density at radius 3 is 2.00 bits per heavy atom. The van der Waals surface area contributed by atoms with Crippen LogP contribution in [0.2, 0.25) is 20.1 Å². The van der Waals surface area contributed by atoms with Crippen molar-refractivity contribution in [3.63, 3.8) is 0 Å². The predicted molar refractivity (Wildman–Crippen MR) is 92.9 cm³/mol. The van der Waals surface area contributed by atoms with Crippen LogP contribution in [0.1, 0.15) is 37.1 Å². The Kier molecular flexibility index (Phi) is 5.81. The van der Waals surface area contributed by atoms with Gasteiger partial charge in [0.25, 0.3) is 0 Å². The van der Waals surface area contributed by atoms with E-state index in [9.17, 15) is 0 Å². The Bertz CT molecular complexity index is 642. The van der Waals surface area contributed by atoms with Gasteiger partial charge in [0.1, 0.15) is 0 Å². The second kappa shape index (κ2) is 7.21. The van der Waals surface area contributed by atoms with Crippen molar-refractivity contribution in [1.82, 2.24) is 5.32 Å². The van der Waals surface area contributed by atoms with E-state index in [2.05, 4.69) is 12.2 Å². The topological polar surface area (TPSA) is 12.0 Å². The monoisotopic (exact) mass is 361 g/mol. The lowest BCUT2D eigenvalue weighted by Gasteiger charge is -2.22. The van der Waals surface area contributed by atoms with Gasteiger partial charge >= 0.3 is 0 Å². The van der Waals surface area contributed by atoms with Crippen LogP contribution in [0.3, 0.4) is 0 Å². The van der Waals surface area contributed by atoms with E-state index in [4.69, 9.17) is 46.4 Å². The number of nitrogens with one attached hydrogen (secondary N) is 1. The van der Waals surface area contributed by atoms with Crippen LogP contribution in [0.25, 0.3) is 0 Å². The summed E-state index contributed by atoms with van der Waals surface area (Å²) in [5.41, 5.74) is 1.95. The highest BCUT2D eigenvalue weighted by Crippen LogP contribution is 2.36. The first-order valence-electron chi connectivity index (χ1n) is 6.55. The van der Waals surface area contributed by atoms with Gasteiger partial charge in [0.2, 0.25) is 0 Å². The predicted octanol–water partition coefficient (Wildman–Crippen LogP) is 6.71. The minimum Gasteiger partial charge on any atom is -0.304 e. The van der Waals surface area contributed by atoms with Crippen LogP contribution in [0.5, 0.6) is 0 Å². The van der Waals surface area contributed by atoms with E-state index in [0.717, 1.165) is 16.1 Å². The van der Waals surface area contributed by atoms with Crippen molar-refractivity contribution in [2.24, 2.45) is 0 Å². The Morgan fingerprint density at radius 2 is 1.33 bits per heavy atom. The van der Waals surface area contributed by atoms with Gasteiger partial charge in [-0.2, -0.15) is 0 Å². The van der Waals surface area contributed by atoms with E-state index in [-0.39, 0.29) is 12.1 Å². The summed E-state index contributed by atoms with van der Waals surface area (Å²) in [5.74, 6) is 0. The molecule has 0 aliphatic carbocycles. The minimum absolute atomic E-state index is 0.0125. The number of hydrogen-bond donors (Lipinski definition) is 1. The molecule has 112 valence electrons. The van der Waals surface area contributed by atoms with Crippen LogP contribution in [-0.4, -0.2) is 0 Å². The van der Waals surface area contributed by atoms with Gasteiger partial charge < -0.3 is 5.32 Å². The molecule has 2 atom stereocenters. The second-order valence-corrected chi connectivity index (χ2v) is 6.47. The first-order chi connectivity index (χ1) is 9.91. The fraction of sp³-hybridized carbons (Fsp3) is 0.250.